The fourth-order valence-electron chi connectivity index (χ4n) is 1.17. The lowest BCUT2D eigenvalue weighted by molar-refractivity contribution is 0.354. The van der Waals surface area contributed by atoms with Gasteiger partial charge in [0.1, 0.15) is 0 Å². The molecule has 0 saturated carbocycles. The third kappa shape index (κ3) is 3.51. The van der Waals surface area contributed by atoms with E-state index in [1.165, 1.54) is 4.90 Å². The summed E-state index contributed by atoms with van der Waals surface area (Å²) in [6, 6.07) is 5.96. The Morgan fingerprint density at radius 3 is 2.60 bits per heavy atom. The van der Waals surface area contributed by atoms with Crippen molar-refractivity contribution in [3.05, 3.63) is 30.9 Å². The first-order chi connectivity index (χ1) is 7.31. The summed E-state index contributed by atoms with van der Waals surface area (Å²) >= 11 is 1.79. The summed E-state index contributed by atoms with van der Waals surface area (Å²) in [7, 11) is 3.29. The van der Waals surface area contributed by atoms with Crippen LogP contribution in [0.2, 0.25) is 0 Å². The van der Waals surface area contributed by atoms with Crippen LogP contribution in [0.15, 0.2) is 35.7 Å². The van der Waals surface area contributed by atoms with Gasteiger partial charge in [0.2, 0.25) is 0 Å². The third-order valence-electron chi connectivity index (χ3n) is 1.95. The van der Waals surface area contributed by atoms with Crippen LogP contribution in [-0.2, 0) is 0 Å². The lowest BCUT2D eigenvalue weighted by atomic mass is 10.3. The molecule has 1 aromatic rings. The van der Waals surface area contributed by atoms with E-state index in [0.29, 0.717) is 0 Å². The van der Waals surface area contributed by atoms with Gasteiger partial charge in [-0.25, -0.2) is 0 Å². The molecule has 15 heavy (non-hydrogen) atoms. The molecule has 0 unspecified atom stereocenters. The quantitative estimate of drug-likeness (QED) is 0.419. The summed E-state index contributed by atoms with van der Waals surface area (Å²) < 4.78 is 10.4. The molecule has 82 valence electrons. The predicted molar refractivity (Wildman–Crippen MR) is 65.1 cm³/mol. The number of allylic oxidation sites excluding steroid dienone is 1. The van der Waals surface area contributed by atoms with Crippen molar-refractivity contribution in [2.75, 3.05) is 20.0 Å². The zero-order valence-corrected chi connectivity index (χ0v) is 9.97. The molecule has 0 radical (unpaired) electrons. The minimum Gasteiger partial charge on any atom is -0.493 e. The highest BCUT2D eigenvalue weighted by molar-refractivity contribution is 7.99. The average Bonchev–Trinajstić information content (AvgIpc) is 2.29. The van der Waals surface area contributed by atoms with Crippen LogP contribution < -0.4 is 9.47 Å². The Bertz CT molecular complexity index is 323. The van der Waals surface area contributed by atoms with Gasteiger partial charge in [-0.2, -0.15) is 0 Å². The molecule has 0 amide bonds. The summed E-state index contributed by atoms with van der Waals surface area (Å²) in [5, 5.41) is 0. The Hall–Kier alpha value is -1.09. The lowest BCUT2D eigenvalue weighted by Gasteiger charge is -2.08. The first-order valence-corrected chi connectivity index (χ1v) is 5.76. The van der Waals surface area contributed by atoms with Gasteiger partial charge in [-0.15, -0.1) is 18.3 Å². The second kappa shape index (κ2) is 6.40. The minimum atomic E-state index is 0.769. The molecule has 0 spiro atoms. The fraction of sp³-hybridized carbons (Fsp3) is 0.333. The fourth-order valence-corrected chi connectivity index (χ4v) is 2.04. The molecule has 0 aliphatic carbocycles. The van der Waals surface area contributed by atoms with Gasteiger partial charge in [-0.3, -0.25) is 0 Å². The molecule has 0 saturated heterocycles. The summed E-state index contributed by atoms with van der Waals surface area (Å²) in [6.45, 7) is 3.69. The molecule has 0 atom stereocenters. The minimum absolute atomic E-state index is 0.769. The maximum Gasteiger partial charge on any atom is 0.161 e. The van der Waals surface area contributed by atoms with Crippen LogP contribution in [-0.4, -0.2) is 20.0 Å². The molecule has 1 rings (SSSR count). The molecule has 0 aromatic heterocycles. The topological polar surface area (TPSA) is 18.5 Å². The number of ether oxygens (including phenoxy) is 2. The van der Waals surface area contributed by atoms with Crippen molar-refractivity contribution >= 4 is 11.8 Å². The number of hydrogen-bond donors (Lipinski definition) is 0. The monoisotopic (exact) mass is 224 g/mol. The van der Waals surface area contributed by atoms with Crippen LogP contribution in [0, 0.1) is 0 Å². The van der Waals surface area contributed by atoms with E-state index in [2.05, 4.69) is 6.58 Å². The van der Waals surface area contributed by atoms with Crippen molar-refractivity contribution in [1.29, 1.82) is 0 Å². The van der Waals surface area contributed by atoms with E-state index in [1.807, 2.05) is 24.3 Å². The standard InChI is InChI=1S/C12H16O2S/c1-4-5-8-15-10-6-7-11(13-2)12(9-10)14-3/h4,6-7,9H,1,5,8H2,2-3H3. The number of thioether (sulfide) groups is 1. The van der Waals surface area contributed by atoms with Crippen molar-refractivity contribution < 1.29 is 9.47 Å². The molecule has 2 nitrogen and oxygen atoms in total. The van der Waals surface area contributed by atoms with Gasteiger partial charge in [0.25, 0.3) is 0 Å². The summed E-state index contributed by atoms with van der Waals surface area (Å²) in [5.74, 6) is 2.59. The Labute approximate surface area is 95.3 Å². The van der Waals surface area contributed by atoms with E-state index >= 15 is 0 Å². The predicted octanol–water partition coefficient (Wildman–Crippen LogP) is 3.37. The maximum absolute atomic E-state index is 5.22. The number of hydrogen-bond acceptors (Lipinski definition) is 3. The molecule has 0 aliphatic rings. The van der Waals surface area contributed by atoms with Crippen molar-refractivity contribution in [2.45, 2.75) is 11.3 Å². The van der Waals surface area contributed by atoms with Gasteiger partial charge in [-0.05, 0) is 24.6 Å². The second-order valence-electron chi connectivity index (χ2n) is 2.94. The van der Waals surface area contributed by atoms with Crippen LogP contribution in [0.25, 0.3) is 0 Å². The van der Waals surface area contributed by atoms with Gasteiger partial charge in [0, 0.05) is 10.6 Å². The lowest BCUT2D eigenvalue weighted by Crippen LogP contribution is -1.90. The van der Waals surface area contributed by atoms with Crippen molar-refractivity contribution in [3.63, 3.8) is 0 Å². The van der Waals surface area contributed by atoms with Crippen LogP contribution in [0.1, 0.15) is 6.42 Å². The molecular weight excluding hydrogens is 208 g/mol. The van der Waals surface area contributed by atoms with E-state index in [-0.39, 0.29) is 0 Å². The SMILES string of the molecule is C=CCCSc1ccc(OC)c(OC)c1. The number of benzene rings is 1. The number of methoxy groups -OCH3 is 2. The molecule has 0 heterocycles. The first-order valence-electron chi connectivity index (χ1n) is 4.77. The first kappa shape index (κ1) is 12.0. The van der Waals surface area contributed by atoms with E-state index in [1.54, 1.807) is 26.0 Å². The van der Waals surface area contributed by atoms with Gasteiger partial charge >= 0.3 is 0 Å². The Balaban J connectivity index is 2.69. The Kier molecular flexibility index (Phi) is 5.12. The van der Waals surface area contributed by atoms with E-state index < -0.39 is 0 Å². The van der Waals surface area contributed by atoms with Crippen molar-refractivity contribution in [1.82, 2.24) is 0 Å². The average molecular weight is 224 g/mol. The zero-order valence-electron chi connectivity index (χ0n) is 9.16. The molecule has 0 fully saturated rings. The van der Waals surface area contributed by atoms with Crippen LogP contribution in [0.4, 0.5) is 0 Å². The third-order valence-corrected chi connectivity index (χ3v) is 2.97. The van der Waals surface area contributed by atoms with Gasteiger partial charge in [-0.1, -0.05) is 6.08 Å². The van der Waals surface area contributed by atoms with Gasteiger partial charge in [0.05, 0.1) is 14.2 Å². The Morgan fingerprint density at radius 2 is 2.00 bits per heavy atom. The van der Waals surface area contributed by atoms with E-state index in [9.17, 15) is 0 Å². The van der Waals surface area contributed by atoms with E-state index in [0.717, 1.165) is 23.7 Å². The van der Waals surface area contributed by atoms with Crippen LogP contribution >= 0.6 is 11.8 Å². The molecule has 1 aromatic carbocycles. The molecular formula is C12H16O2S. The highest BCUT2D eigenvalue weighted by atomic mass is 32.2. The van der Waals surface area contributed by atoms with Crippen molar-refractivity contribution in [3.8, 4) is 11.5 Å². The maximum atomic E-state index is 5.22. The van der Waals surface area contributed by atoms with Crippen molar-refractivity contribution in [2.24, 2.45) is 0 Å². The second-order valence-corrected chi connectivity index (χ2v) is 4.11. The highest BCUT2D eigenvalue weighted by Gasteiger charge is 2.04. The highest BCUT2D eigenvalue weighted by Crippen LogP contribution is 2.31. The van der Waals surface area contributed by atoms with Gasteiger partial charge < -0.3 is 9.47 Å². The number of rotatable bonds is 6. The van der Waals surface area contributed by atoms with Crippen LogP contribution in [0.3, 0.4) is 0 Å². The summed E-state index contributed by atoms with van der Waals surface area (Å²) in [6.07, 6.45) is 2.94. The molecule has 3 heteroatoms. The summed E-state index contributed by atoms with van der Waals surface area (Å²) in [4.78, 5) is 1.19. The zero-order chi connectivity index (χ0) is 11.1. The normalized spacial score (nSPS) is 9.73. The molecule has 0 bridgehead atoms. The Morgan fingerprint density at radius 1 is 1.27 bits per heavy atom. The van der Waals surface area contributed by atoms with Crippen LogP contribution in [0.5, 0.6) is 11.5 Å². The largest absolute Gasteiger partial charge is 0.493 e. The summed E-state index contributed by atoms with van der Waals surface area (Å²) in [5.41, 5.74) is 0. The van der Waals surface area contributed by atoms with Gasteiger partial charge in [0.15, 0.2) is 11.5 Å². The van der Waals surface area contributed by atoms with E-state index in [4.69, 9.17) is 9.47 Å². The smallest absolute Gasteiger partial charge is 0.161 e. The molecule has 0 aliphatic heterocycles. The molecule has 0 N–H and O–H groups in total.